The van der Waals surface area contributed by atoms with E-state index in [1.807, 2.05) is 0 Å². The van der Waals surface area contributed by atoms with Crippen molar-refractivity contribution < 1.29 is 4.52 Å². The Kier molecular flexibility index (Phi) is 6.55. The fourth-order valence-corrected chi connectivity index (χ4v) is 3.74. The molecular formula is C19H23ClN4O2S. The predicted molar refractivity (Wildman–Crippen MR) is 108 cm³/mol. The van der Waals surface area contributed by atoms with Crippen LogP contribution < -0.4 is 5.56 Å². The zero-order valence-corrected chi connectivity index (χ0v) is 17.3. The molecule has 144 valence electrons. The van der Waals surface area contributed by atoms with E-state index in [4.69, 9.17) is 16.1 Å². The van der Waals surface area contributed by atoms with E-state index in [0.29, 0.717) is 51.0 Å². The number of hydrogen-bond acceptors (Lipinski definition) is 6. The van der Waals surface area contributed by atoms with Gasteiger partial charge in [0.25, 0.3) is 5.56 Å². The highest BCUT2D eigenvalue weighted by Gasteiger charge is 2.15. The van der Waals surface area contributed by atoms with Crippen molar-refractivity contribution >= 4 is 34.3 Å². The third kappa shape index (κ3) is 4.90. The predicted octanol–water partition coefficient (Wildman–Crippen LogP) is 4.72. The van der Waals surface area contributed by atoms with Crippen LogP contribution in [0.15, 0.2) is 32.7 Å². The summed E-state index contributed by atoms with van der Waals surface area (Å²) in [5.74, 6) is 2.09. The summed E-state index contributed by atoms with van der Waals surface area (Å²) in [5, 5.41) is 5.76. The highest BCUT2D eigenvalue weighted by atomic mass is 35.5. The Labute approximate surface area is 167 Å². The molecule has 0 saturated carbocycles. The van der Waals surface area contributed by atoms with Crippen LogP contribution in [-0.2, 0) is 18.7 Å². The van der Waals surface area contributed by atoms with E-state index in [0.717, 1.165) is 19.3 Å². The van der Waals surface area contributed by atoms with Crippen LogP contribution in [0.3, 0.4) is 0 Å². The first kappa shape index (κ1) is 19.9. The molecule has 27 heavy (non-hydrogen) atoms. The highest BCUT2D eigenvalue weighted by molar-refractivity contribution is 7.98. The lowest BCUT2D eigenvalue weighted by molar-refractivity contribution is 0.371. The number of thioether (sulfide) groups is 1. The molecule has 6 nitrogen and oxygen atoms in total. The molecule has 0 bridgehead atoms. The average Bonchev–Trinajstić information content (AvgIpc) is 3.09. The first-order chi connectivity index (χ1) is 13.0. The van der Waals surface area contributed by atoms with Crippen LogP contribution in [0, 0.1) is 5.92 Å². The van der Waals surface area contributed by atoms with E-state index in [1.54, 1.807) is 22.8 Å². The minimum Gasteiger partial charge on any atom is -0.339 e. The number of fused-ring (bicyclic) bond motifs is 1. The monoisotopic (exact) mass is 406 g/mol. The molecule has 0 unspecified atom stereocenters. The quantitative estimate of drug-likeness (QED) is 0.398. The van der Waals surface area contributed by atoms with E-state index >= 15 is 0 Å². The molecule has 0 aliphatic carbocycles. The number of aryl methyl sites for hydroxylation is 1. The second-order valence-electron chi connectivity index (χ2n) is 6.86. The normalized spacial score (nSPS) is 11.6. The molecule has 0 radical (unpaired) electrons. The minimum absolute atomic E-state index is 0.0737. The lowest BCUT2D eigenvalue weighted by atomic mass is 10.2. The smallest absolute Gasteiger partial charge is 0.262 e. The summed E-state index contributed by atoms with van der Waals surface area (Å²) < 4.78 is 6.99. The molecule has 0 amide bonds. The summed E-state index contributed by atoms with van der Waals surface area (Å²) in [6, 6.07) is 5.20. The average molecular weight is 407 g/mol. The molecule has 2 aromatic heterocycles. The van der Waals surface area contributed by atoms with Crippen molar-refractivity contribution in [1.29, 1.82) is 0 Å². The van der Waals surface area contributed by atoms with Crippen LogP contribution in [0.4, 0.5) is 0 Å². The summed E-state index contributed by atoms with van der Waals surface area (Å²) in [4.78, 5) is 22.1. The molecule has 1 aromatic carbocycles. The van der Waals surface area contributed by atoms with Crippen molar-refractivity contribution in [3.05, 3.63) is 45.3 Å². The van der Waals surface area contributed by atoms with E-state index in [1.165, 1.54) is 11.8 Å². The maximum Gasteiger partial charge on any atom is 0.262 e. The first-order valence-electron chi connectivity index (χ1n) is 9.12. The van der Waals surface area contributed by atoms with Crippen LogP contribution in [0.2, 0.25) is 5.02 Å². The third-order valence-electron chi connectivity index (χ3n) is 4.01. The maximum atomic E-state index is 13.0. The first-order valence-corrected chi connectivity index (χ1v) is 10.5. The molecule has 2 heterocycles. The van der Waals surface area contributed by atoms with Gasteiger partial charge in [0, 0.05) is 18.0 Å². The topological polar surface area (TPSA) is 73.8 Å². The molecule has 0 spiro atoms. The number of aromatic nitrogens is 4. The van der Waals surface area contributed by atoms with E-state index in [2.05, 4.69) is 35.9 Å². The maximum absolute atomic E-state index is 13.0. The van der Waals surface area contributed by atoms with E-state index < -0.39 is 0 Å². The zero-order chi connectivity index (χ0) is 19.4. The van der Waals surface area contributed by atoms with E-state index in [-0.39, 0.29) is 5.56 Å². The van der Waals surface area contributed by atoms with Crippen LogP contribution in [0.25, 0.3) is 10.9 Å². The molecule has 0 N–H and O–H groups in total. The number of hydrogen-bond donors (Lipinski definition) is 0. The van der Waals surface area contributed by atoms with Crippen molar-refractivity contribution in [3.63, 3.8) is 0 Å². The van der Waals surface area contributed by atoms with Crippen LogP contribution in [-0.4, -0.2) is 19.7 Å². The number of unbranched alkanes of at least 4 members (excludes halogenated alkanes) is 1. The second-order valence-corrected chi connectivity index (χ2v) is 8.24. The SMILES string of the molecule is CCCCc1nc(CSc2nc3ccc(Cl)cc3c(=O)n2CC(C)C)no1. The molecule has 0 aliphatic rings. The van der Waals surface area contributed by atoms with E-state index in [9.17, 15) is 4.79 Å². The zero-order valence-electron chi connectivity index (χ0n) is 15.7. The fraction of sp³-hybridized carbons (Fsp3) is 0.474. The Morgan fingerprint density at radius 1 is 1.30 bits per heavy atom. The lowest BCUT2D eigenvalue weighted by Gasteiger charge is -2.14. The molecule has 0 aliphatic heterocycles. The van der Waals surface area contributed by atoms with Crippen molar-refractivity contribution in [2.75, 3.05) is 0 Å². The number of nitrogens with zero attached hydrogens (tertiary/aromatic N) is 4. The van der Waals surface area contributed by atoms with Gasteiger partial charge in [-0.05, 0) is 30.5 Å². The van der Waals surface area contributed by atoms with Crippen molar-refractivity contribution in [3.8, 4) is 0 Å². The molecule has 3 rings (SSSR count). The highest BCUT2D eigenvalue weighted by Crippen LogP contribution is 2.23. The Bertz CT molecular complexity index is 983. The molecule has 8 heteroatoms. The van der Waals surface area contributed by atoms with Gasteiger partial charge in [0.15, 0.2) is 11.0 Å². The van der Waals surface area contributed by atoms with Crippen LogP contribution in [0.5, 0.6) is 0 Å². The van der Waals surface area contributed by atoms with Gasteiger partial charge in [-0.3, -0.25) is 9.36 Å². The molecule has 3 aromatic rings. The number of rotatable bonds is 8. The molecular weight excluding hydrogens is 384 g/mol. The Balaban J connectivity index is 1.89. The van der Waals surface area contributed by atoms with Crippen molar-refractivity contribution in [2.24, 2.45) is 5.92 Å². The second kappa shape index (κ2) is 8.89. The summed E-state index contributed by atoms with van der Waals surface area (Å²) in [5.41, 5.74) is 0.569. The van der Waals surface area contributed by atoms with Gasteiger partial charge in [0.05, 0.1) is 16.7 Å². The summed E-state index contributed by atoms with van der Waals surface area (Å²) >= 11 is 7.51. The molecule has 0 saturated heterocycles. The van der Waals surface area contributed by atoms with Gasteiger partial charge in [0.2, 0.25) is 5.89 Å². The molecule has 0 fully saturated rings. The van der Waals surface area contributed by atoms with Gasteiger partial charge in [-0.1, -0.05) is 55.7 Å². The summed E-state index contributed by atoms with van der Waals surface area (Å²) in [7, 11) is 0. The van der Waals surface area contributed by atoms with Crippen LogP contribution >= 0.6 is 23.4 Å². The molecule has 0 atom stereocenters. The van der Waals surface area contributed by atoms with Crippen LogP contribution in [0.1, 0.15) is 45.3 Å². The fourth-order valence-electron chi connectivity index (χ4n) is 2.72. The number of halogens is 1. The lowest BCUT2D eigenvalue weighted by Crippen LogP contribution is -2.25. The number of benzene rings is 1. The Morgan fingerprint density at radius 2 is 2.11 bits per heavy atom. The van der Waals surface area contributed by atoms with Gasteiger partial charge in [-0.15, -0.1) is 0 Å². The van der Waals surface area contributed by atoms with Gasteiger partial charge >= 0.3 is 0 Å². The van der Waals surface area contributed by atoms with Gasteiger partial charge in [-0.2, -0.15) is 4.98 Å². The minimum atomic E-state index is -0.0737. The summed E-state index contributed by atoms with van der Waals surface area (Å²) in [6.45, 7) is 6.86. The van der Waals surface area contributed by atoms with Gasteiger partial charge in [-0.25, -0.2) is 4.98 Å². The Hall–Kier alpha value is -1.86. The van der Waals surface area contributed by atoms with Gasteiger partial charge < -0.3 is 4.52 Å². The van der Waals surface area contributed by atoms with Gasteiger partial charge in [0.1, 0.15) is 0 Å². The summed E-state index contributed by atoms with van der Waals surface area (Å²) in [6.07, 6.45) is 2.90. The van der Waals surface area contributed by atoms with Crippen molar-refractivity contribution in [2.45, 2.75) is 57.5 Å². The Morgan fingerprint density at radius 3 is 2.85 bits per heavy atom. The standard InChI is InChI=1S/C19H23ClN4O2S/c1-4-5-6-17-22-16(23-26-17)11-27-19-21-15-8-7-13(20)9-14(15)18(25)24(19)10-12(2)3/h7-9,12H,4-6,10-11H2,1-3H3. The largest absolute Gasteiger partial charge is 0.339 e. The third-order valence-corrected chi connectivity index (χ3v) is 5.22. The van der Waals surface area contributed by atoms with Crippen molar-refractivity contribution in [1.82, 2.24) is 19.7 Å².